The average molecular weight is 222 g/mol. The lowest BCUT2D eigenvalue weighted by Crippen LogP contribution is -2.48. The molecular weight excluding hydrogens is 204 g/mol. The van der Waals surface area contributed by atoms with Crippen LogP contribution in [0.5, 0.6) is 0 Å². The minimum atomic E-state index is 0.186. The summed E-state index contributed by atoms with van der Waals surface area (Å²) in [5, 5.41) is 3.39. The number of aryl methyl sites for hydroxylation is 1. The zero-order valence-electron chi connectivity index (χ0n) is 9.79. The third-order valence-electron chi connectivity index (χ3n) is 2.93. The zero-order valence-corrected chi connectivity index (χ0v) is 9.79. The highest BCUT2D eigenvalue weighted by Gasteiger charge is 2.24. The van der Waals surface area contributed by atoms with Crippen LogP contribution in [0.2, 0.25) is 0 Å². The van der Waals surface area contributed by atoms with Crippen LogP contribution in [0.1, 0.15) is 30.9 Å². The van der Waals surface area contributed by atoms with Crippen molar-refractivity contribution in [2.45, 2.75) is 26.3 Å². The number of piperazine rings is 1. The van der Waals surface area contributed by atoms with Crippen molar-refractivity contribution in [2.75, 3.05) is 19.6 Å². The van der Waals surface area contributed by atoms with Gasteiger partial charge in [-0.25, -0.2) is 4.98 Å². The van der Waals surface area contributed by atoms with Gasteiger partial charge in [-0.1, -0.05) is 6.92 Å². The molecule has 0 radical (unpaired) electrons. The van der Waals surface area contributed by atoms with E-state index in [4.69, 9.17) is 0 Å². The van der Waals surface area contributed by atoms with Gasteiger partial charge in [0, 0.05) is 32.3 Å². The molecule has 1 fully saturated rings. The molecule has 1 aliphatic heterocycles. The smallest absolute Gasteiger partial charge is 0.222 e. The first-order valence-corrected chi connectivity index (χ1v) is 5.73. The van der Waals surface area contributed by atoms with E-state index in [-0.39, 0.29) is 11.9 Å². The summed E-state index contributed by atoms with van der Waals surface area (Å²) in [6.07, 6.45) is 2.42. The number of rotatable bonds is 2. The molecule has 2 rings (SSSR count). The lowest BCUT2D eigenvalue weighted by Gasteiger charge is -2.33. The number of hydrogen-bond donors (Lipinski definition) is 2. The molecule has 2 N–H and O–H groups in total. The first kappa shape index (κ1) is 11.1. The van der Waals surface area contributed by atoms with E-state index in [1.54, 1.807) is 0 Å². The van der Waals surface area contributed by atoms with Crippen molar-refractivity contribution in [3.05, 3.63) is 17.7 Å². The largest absolute Gasteiger partial charge is 0.345 e. The maximum absolute atomic E-state index is 11.6. The van der Waals surface area contributed by atoms with Crippen molar-refractivity contribution in [1.82, 2.24) is 20.2 Å². The van der Waals surface area contributed by atoms with Crippen molar-refractivity contribution < 1.29 is 4.79 Å². The van der Waals surface area contributed by atoms with Gasteiger partial charge in [0.05, 0.1) is 11.7 Å². The Morgan fingerprint density at radius 2 is 2.50 bits per heavy atom. The number of amides is 1. The van der Waals surface area contributed by atoms with Gasteiger partial charge in [0.15, 0.2) is 0 Å². The summed E-state index contributed by atoms with van der Waals surface area (Å²) in [6, 6.07) is 0.186. The second-order valence-corrected chi connectivity index (χ2v) is 4.12. The standard InChI is InChI=1S/C11H18N4O/c1-3-11(16)15-5-4-12-10(7-15)9-6-13-8(2)14-9/h6,10,12H,3-5,7H2,1-2H3,(H,13,14). The lowest BCUT2D eigenvalue weighted by atomic mass is 10.1. The topological polar surface area (TPSA) is 61.0 Å². The zero-order chi connectivity index (χ0) is 11.5. The molecule has 1 aromatic heterocycles. The normalized spacial score (nSPS) is 21.1. The van der Waals surface area contributed by atoms with Crippen molar-refractivity contribution in [1.29, 1.82) is 0 Å². The van der Waals surface area contributed by atoms with Gasteiger partial charge in [-0.3, -0.25) is 4.79 Å². The van der Waals surface area contributed by atoms with E-state index in [9.17, 15) is 4.79 Å². The summed E-state index contributed by atoms with van der Waals surface area (Å²) in [7, 11) is 0. The number of aromatic nitrogens is 2. The third kappa shape index (κ3) is 2.24. The number of nitrogens with zero attached hydrogens (tertiary/aromatic N) is 2. The van der Waals surface area contributed by atoms with E-state index in [0.717, 1.165) is 31.2 Å². The maximum atomic E-state index is 11.6. The van der Waals surface area contributed by atoms with Gasteiger partial charge in [-0.15, -0.1) is 0 Å². The second-order valence-electron chi connectivity index (χ2n) is 4.12. The molecule has 5 nitrogen and oxygen atoms in total. The van der Waals surface area contributed by atoms with Crippen LogP contribution in [0.3, 0.4) is 0 Å². The molecule has 0 saturated carbocycles. The van der Waals surface area contributed by atoms with Gasteiger partial charge in [0.1, 0.15) is 5.82 Å². The lowest BCUT2D eigenvalue weighted by molar-refractivity contribution is -0.132. The number of carbonyl (C=O) groups is 1. The van der Waals surface area contributed by atoms with Gasteiger partial charge in [0.25, 0.3) is 0 Å². The molecule has 1 atom stereocenters. The average Bonchev–Trinajstić information content (AvgIpc) is 2.75. The number of H-pyrrole nitrogens is 1. The minimum absolute atomic E-state index is 0.186. The summed E-state index contributed by atoms with van der Waals surface area (Å²) < 4.78 is 0. The highest BCUT2D eigenvalue weighted by molar-refractivity contribution is 5.76. The predicted molar refractivity (Wildman–Crippen MR) is 60.9 cm³/mol. The summed E-state index contributed by atoms with van der Waals surface area (Å²) in [5.74, 6) is 1.14. The van der Waals surface area contributed by atoms with E-state index in [2.05, 4.69) is 15.3 Å². The summed E-state index contributed by atoms with van der Waals surface area (Å²) >= 11 is 0. The SMILES string of the molecule is CCC(=O)N1CCNC(c2cnc(C)[nH]2)C1. The fourth-order valence-electron chi connectivity index (χ4n) is 2.03. The van der Waals surface area contributed by atoms with Gasteiger partial charge in [-0.05, 0) is 6.92 Å². The molecule has 1 amide bonds. The van der Waals surface area contributed by atoms with Crippen molar-refractivity contribution in [3.63, 3.8) is 0 Å². The molecule has 88 valence electrons. The molecule has 0 bridgehead atoms. The minimum Gasteiger partial charge on any atom is -0.345 e. The van der Waals surface area contributed by atoms with Gasteiger partial charge >= 0.3 is 0 Å². The maximum Gasteiger partial charge on any atom is 0.222 e. The third-order valence-corrected chi connectivity index (χ3v) is 2.93. The Morgan fingerprint density at radius 1 is 1.69 bits per heavy atom. The Morgan fingerprint density at radius 3 is 3.12 bits per heavy atom. The monoisotopic (exact) mass is 222 g/mol. The second kappa shape index (κ2) is 4.65. The predicted octanol–water partition coefficient (Wildman–Crippen LogP) is 0.601. The molecule has 0 spiro atoms. The summed E-state index contributed by atoms with van der Waals surface area (Å²) in [5.41, 5.74) is 1.06. The van der Waals surface area contributed by atoms with Crippen LogP contribution in [0.4, 0.5) is 0 Å². The Balaban J connectivity index is 2.04. The van der Waals surface area contributed by atoms with Crippen LogP contribution in [0, 0.1) is 6.92 Å². The molecule has 5 heteroatoms. The Kier molecular flexibility index (Phi) is 3.24. The quantitative estimate of drug-likeness (QED) is 0.770. The molecule has 0 aliphatic carbocycles. The van der Waals surface area contributed by atoms with Crippen molar-refractivity contribution in [3.8, 4) is 0 Å². The molecule has 1 unspecified atom stereocenters. The van der Waals surface area contributed by atoms with E-state index < -0.39 is 0 Å². The van der Waals surface area contributed by atoms with Crippen molar-refractivity contribution in [2.24, 2.45) is 0 Å². The van der Waals surface area contributed by atoms with E-state index in [0.29, 0.717) is 6.42 Å². The highest BCUT2D eigenvalue weighted by atomic mass is 16.2. The van der Waals surface area contributed by atoms with Crippen LogP contribution < -0.4 is 5.32 Å². The highest BCUT2D eigenvalue weighted by Crippen LogP contribution is 2.15. The fourth-order valence-corrected chi connectivity index (χ4v) is 2.03. The number of aromatic amines is 1. The van der Waals surface area contributed by atoms with Gasteiger partial charge < -0.3 is 15.2 Å². The Bertz CT molecular complexity index is 374. The Hall–Kier alpha value is -1.36. The van der Waals surface area contributed by atoms with E-state index >= 15 is 0 Å². The molecule has 1 aromatic rings. The summed E-state index contributed by atoms with van der Waals surface area (Å²) in [6.45, 7) is 6.21. The number of hydrogen-bond acceptors (Lipinski definition) is 3. The molecule has 1 aliphatic rings. The molecule has 16 heavy (non-hydrogen) atoms. The number of carbonyl (C=O) groups excluding carboxylic acids is 1. The van der Waals surface area contributed by atoms with Crippen LogP contribution in [0.25, 0.3) is 0 Å². The van der Waals surface area contributed by atoms with Gasteiger partial charge in [-0.2, -0.15) is 0 Å². The summed E-state index contributed by atoms with van der Waals surface area (Å²) in [4.78, 5) is 20.9. The molecule has 2 heterocycles. The number of imidazole rings is 1. The van der Waals surface area contributed by atoms with E-state index in [1.807, 2.05) is 24.9 Å². The van der Waals surface area contributed by atoms with Crippen LogP contribution in [-0.2, 0) is 4.79 Å². The Labute approximate surface area is 95.2 Å². The first-order chi connectivity index (χ1) is 7.70. The van der Waals surface area contributed by atoms with Crippen LogP contribution >= 0.6 is 0 Å². The first-order valence-electron chi connectivity index (χ1n) is 5.73. The van der Waals surface area contributed by atoms with Crippen LogP contribution in [-0.4, -0.2) is 40.4 Å². The van der Waals surface area contributed by atoms with Crippen LogP contribution in [0.15, 0.2) is 6.20 Å². The van der Waals surface area contributed by atoms with E-state index in [1.165, 1.54) is 0 Å². The number of nitrogens with one attached hydrogen (secondary N) is 2. The molecular formula is C11H18N4O. The fraction of sp³-hybridized carbons (Fsp3) is 0.636. The van der Waals surface area contributed by atoms with Crippen molar-refractivity contribution >= 4 is 5.91 Å². The molecule has 0 aromatic carbocycles. The molecule has 1 saturated heterocycles. The van der Waals surface area contributed by atoms with Gasteiger partial charge in [0.2, 0.25) is 5.91 Å².